The summed E-state index contributed by atoms with van der Waals surface area (Å²) in [6, 6.07) is 8.03. The summed E-state index contributed by atoms with van der Waals surface area (Å²) in [5.41, 5.74) is 3.44. The lowest BCUT2D eigenvalue weighted by Crippen LogP contribution is -2.17. The van der Waals surface area contributed by atoms with Crippen LogP contribution in [0.5, 0.6) is 5.75 Å². The van der Waals surface area contributed by atoms with Gasteiger partial charge in [0.1, 0.15) is 11.7 Å². The zero-order chi connectivity index (χ0) is 17.6. The third-order valence-electron chi connectivity index (χ3n) is 4.06. The molecule has 0 saturated carbocycles. The van der Waals surface area contributed by atoms with Crippen LogP contribution in [-0.2, 0) is 0 Å². The second kappa shape index (κ2) is 5.70. The average molecular weight is 340 g/mol. The molecule has 0 spiro atoms. The van der Waals surface area contributed by atoms with Crippen LogP contribution in [0.2, 0.25) is 0 Å². The Morgan fingerprint density at radius 3 is 2.76 bits per heavy atom. The number of aliphatic imine (C=N–C) groups is 1. The number of nitrogens with one attached hydrogen (secondary N) is 2. The van der Waals surface area contributed by atoms with Gasteiger partial charge in [0.2, 0.25) is 0 Å². The maximum atomic E-state index is 14.7. The first kappa shape index (κ1) is 15.3. The summed E-state index contributed by atoms with van der Waals surface area (Å²) in [5.74, 6) is -1.54. The summed E-state index contributed by atoms with van der Waals surface area (Å²) in [6.07, 6.45) is 1.55. The van der Waals surface area contributed by atoms with Gasteiger partial charge in [-0.05, 0) is 31.2 Å². The molecule has 2 N–H and O–H groups in total. The molecule has 2 aromatic carbocycles. The number of ether oxygens (including phenoxy) is 1. The lowest BCUT2D eigenvalue weighted by Gasteiger charge is -2.11. The fourth-order valence-corrected chi connectivity index (χ4v) is 2.84. The topological polar surface area (TPSA) is 62.3 Å². The van der Waals surface area contributed by atoms with Crippen molar-refractivity contribution < 1.29 is 13.5 Å². The van der Waals surface area contributed by atoms with Crippen LogP contribution in [-0.4, -0.2) is 23.1 Å². The number of hydrogen-bond donors (Lipinski definition) is 2. The number of rotatable bonds is 2. The fourth-order valence-electron chi connectivity index (χ4n) is 2.84. The zero-order valence-corrected chi connectivity index (χ0v) is 13.5. The number of fused-ring (bicyclic) bond motifs is 3. The predicted octanol–water partition coefficient (Wildman–Crippen LogP) is 4.18. The van der Waals surface area contributed by atoms with Gasteiger partial charge in [0.05, 0.1) is 35.9 Å². The minimum Gasteiger partial charge on any atom is -0.494 e. The van der Waals surface area contributed by atoms with Crippen LogP contribution in [0.25, 0.3) is 11.3 Å². The smallest absolute Gasteiger partial charge is 0.178 e. The van der Waals surface area contributed by atoms with Crippen LogP contribution in [0.1, 0.15) is 11.1 Å². The van der Waals surface area contributed by atoms with E-state index in [1.54, 1.807) is 12.3 Å². The number of halogens is 2. The van der Waals surface area contributed by atoms with E-state index in [-0.39, 0.29) is 17.1 Å². The normalized spacial score (nSPS) is 12.6. The molecule has 3 aromatic rings. The van der Waals surface area contributed by atoms with E-state index < -0.39 is 11.6 Å². The summed E-state index contributed by atoms with van der Waals surface area (Å²) in [5, 5.41) is 9.91. The fraction of sp³-hybridized carbons (Fsp3) is 0.111. The summed E-state index contributed by atoms with van der Waals surface area (Å²) >= 11 is 0. The molecule has 1 aliphatic heterocycles. The Kier molecular flexibility index (Phi) is 3.49. The Morgan fingerprint density at radius 1 is 1.12 bits per heavy atom. The van der Waals surface area contributed by atoms with E-state index in [1.165, 1.54) is 13.2 Å². The molecule has 0 saturated heterocycles. The monoisotopic (exact) mass is 340 g/mol. The van der Waals surface area contributed by atoms with Crippen molar-refractivity contribution in [1.29, 1.82) is 0 Å². The van der Waals surface area contributed by atoms with E-state index in [9.17, 15) is 8.78 Å². The van der Waals surface area contributed by atoms with Crippen LogP contribution in [0.4, 0.5) is 20.2 Å². The van der Waals surface area contributed by atoms with Gasteiger partial charge >= 0.3 is 0 Å². The van der Waals surface area contributed by atoms with Gasteiger partial charge in [0.25, 0.3) is 0 Å². The minimum absolute atomic E-state index is 0.0540. The first-order valence-corrected chi connectivity index (χ1v) is 7.61. The highest BCUT2D eigenvalue weighted by atomic mass is 19.1. The van der Waals surface area contributed by atoms with E-state index in [0.717, 1.165) is 17.2 Å². The molecule has 7 heteroatoms. The predicted molar refractivity (Wildman–Crippen MR) is 91.5 cm³/mol. The van der Waals surface area contributed by atoms with Crippen LogP contribution in [0.3, 0.4) is 0 Å². The molecule has 5 nitrogen and oxygen atoms in total. The third-order valence-corrected chi connectivity index (χ3v) is 4.06. The van der Waals surface area contributed by atoms with Crippen LogP contribution < -0.4 is 10.1 Å². The van der Waals surface area contributed by atoms with Crippen molar-refractivity contribution in [3.05, 3.63) is 59.3 Å². The number of aromatic nitrogens is 2. The van der Waals surface area contributed by atoms with Crippen molar-refractivity contribution >= 4 is 17.2 Å². The number of anilines is 1. The van der Waals surface area contributed by atoms with E-state index in [2.05, 4.69) is 20.5 Å². The molecule has 2 heterocycles. The lowest BCUT2D eigenvalue weighted by molar-refractivity contribution is 0.383. The third kappa shape index (κ3) is 2.44. The molecule has 0 bridgehead atoms. The van der Waals surface area contributed by atoms with Gasteiger partial charge in [-0.3, -0.25) is 5.10 Å². The number of amidine groups is 1. The van der Waals surface area contributed by atoms with Gasteiger partial charge in [0.15, 0.2) is 11.6 Å². The van der Waals surface area contributed by atoms with Crippen LogP contribution in [0, 0.1) is 18.6 Å². The number of aromatic amines is 1. The molecule has 1 aromatic heterocycles. The summed E-state index contributed by atoms with van der Waals surface area (Å²) in [7, 11) is 1.33. The number of nitrogens with zero attached hydrogens (tertiary/aromatic N) is 2. The number of hydrogen-bond acceptors (Lipinski definition) is 4. The Bertz CT molecular complexity index is 1010. The molecule has 0 fully saturated rings. The van der Waals surface area contributed by atoms with Crippen molar-refractivity contribution in [2.45, 2.75) is 6.92 Å². The molecule has 4 rings (SSSR count). The summed E-state index contributed by atoms with van der Waals surface area (Å²) in [4.78, 5) is 4.46. The molecule has 126 valence electrons. The summed E-state index contributed by atoms with van der Waals surface area (Å²) in [6.45, 7) is 1.96. The zero-order valence-electron chi connectivity index (χ0n) is 13.5. The van der Waals surface area contributed by atoms with Gasteiger partial charge in [-0.25, -0.2) is 13.8 Å². The second-order valence-corrected chi connectivity index (χ2v) is 5.70. The number of methoxy groups -OCH3 is 1. The number of H-pyrrole nitrogens is 1. The highest BCUT2D eigenvalue weighted by molar-refractivity contribution is 6.13. The Balaban J connectivity index is 1.98. The maximum absolute atomic E-state index is 14.7. The Morgan fingerprint density at radius 2 is 1.96 bits per heavy atom. The van der Waals surface area contributed by atoms with Crippen molar-refractivity contribution in [2.24, 2.45) is 4.99 Å². The largest absolute Gasteiger partial charge is 0.494 e. The van der Waals surface area contributed by atoms with E-state index in [1.807, 2.05) is 19.1 Å². The Labute approximate surface area is 142 Å². The molecular formula is C18H14F2N4O. The SMILES string of the molecule is COc1ccc(F)c(C2=Nc3ccc(C)cc3-c3[nH]ncc3N2)c1F. The molecule has 0 unspecified atom stereocenters. The van der Waals surface area contributed by atoms with E-state index in [4.69, 9.17) is 4.74 Å². The van der Waals surface area contributed by atoms with Crippen molar-refractivity contribution in [3.63, 3.8) is 0 Å². The highest BCUT2D eigenvalue weighted by Gasteiger charge is 2.24. The molecule has 0 radical (unpaired) electrons. The number of aryl methyl sites for hydroxylation is 1. The van der Waals surface area contributed by atoms with E-state index in [0.29, 0.717) is 17.1 Å². The second-order valence-electron chi connectivity index (χ2n) is 5.70. The first-order valence-electron chi connectivity index (χ1n) is 7.61. The standard InChI is InChI=1S/C18H14F2N4O/c1-9-3-5-12-10(7-9)17-13(8-21-24-17)23-18(22-12)15-11(19)4-6-14(25-2)16(15)20/h3-8H,1-2H3,(H,21,24)(H,22,23). The van der Waals surface area contributed by atoms with Crippen molar-refractivity contribution in [3.8, 4) is 17.0 Å². The maximum Gasteiger partial charge on any atom is 0.178 e. The molecule has 0 amide bonds. The summed E-state index contributed by atoms with van der Waals surface area (Å²) < 4.78 is 34.0. The number of benzene rings is 2. The Hall–Kier alpha value is -3.22. The molecule has 1 aliphatic rings. The van der Waals surface area contributed by atoms with Crippen LogP contribution in [0.15, 0.2) is 41.5 Å². The quantitative estimate of drug-likeness (QED) is 0.736. The average Bonchev–Trinajstić information content (AvgIpc) is 2.99. The molecular weight excluding hydrogens is 326 g/mol. The van der Waals surface area contributed by atoms with Crippen molar-refractivity contribution in [2.75, 3.05) is 12.4 Å². The first-order chi connectivity index (χ1) is 12.1. The van der Waals surface area contributed by atoms with E-state index >= 15 is 0 Å². The van der Waals surface area contributed by atoms with Gasteiger partial charge < -0.3 is 10.1 Å². The minimum atomic E-state index is -0.811. The molecule has 0 aliphatic carbocycles. The molecule has 0 atom stereocenters. The van der Waals surface area contributed by atoms with Gasteiger partial charge in [-0.15, -0.1) is 0 Å². The van der Waals surface area contributed by atoms with Gasteiger partial charge in [-0.2, -0.15) is 5.10 Å². The van der Waals surface area contributed by atoms with Crippen molar-refractivity contribution in [1.82, 2.24) is 10.2 Å². The lowest BCUT2D eigenvalue weighted by atomic mass is 10.1. The highest BCUT2D eigenvalue weighted by Crippen LogP contribution is 2.38. The van der Waals surface area contributed by atoms with Gasteiger partial charge in [-0.1, -0.05) is 11.6 Å². The molecule has 25 heavy (non-hydrogen) atoms. The van der Waals surface area contributed by atoms with Gasteiger partial charge in [0, 0.05) is 5.56 Å². The van der Waals surface area contributed by atoms with Crippen LogP contribution >= 0.6 is 0 Å².